The van der Waals surface area contributed by atoms with Gasteiger partial charge in [-0.3, -0.25) is 0 Å². The number of rotatable bonds is 6. The van der Waals surface area contributed by atoms with Gasteiger partial charge >= 0.3 is 5.30 Å². The molecule has 0 N–H and O–H groups in total. The smallest absolute Gasteiger partial charge is 0.368 e. The van der Waals surface area contributed by atoms with Gasteiger partial charge in [0.1, 0.15) is 6.10 Å². The van der Waals surface area contributed by atoms with Crippen LogP contribution in [-0.2, 0) is 17.0 Å². The lowest BCUT2D eigenvalue weighted by atomic mass is 10.1. The van der Waals surface area contributed by atoms with Gasteiger partial charge in [0, 0.05) is 33.8 Å². The molecule has 0 amide bonds. The molecule has 1 aromatic heterocycles. The van der Waals surface area contributed by atoms with Crippen LogP contribution in [0.4, 0.5) is 4.79 Å². The van der Waals surface area contributed by atoms with Gasteiger partial charge in [-0.05, 0) is 41.6 Å². The first kappa shape index (κ1) is 21.3. The van der Waals surface area contributed by atoms with Crippen molar-refractivity contribution in [3.8, 4) is 0 Å². The molecule has 28 heavy (non-hydrogen) atoms. The lowest BCUT2D eigenvalue weighted by Gasteiger charge is -2.20. The highest BCUT2D eigenvalue weighted by atomic mass is 35.5. The Bertz CT molecular complexity index is 967. The fraction of sp³-hybridized carbons (Fsp3) is 0.158. The summed E-state index contributed by atoms with van der Waals surface area (Å²) in [6, 6.07) is 10.3. The summed E-state index contributed by atoms with van der Waals surface area (Å²) in [6.07, 6.45) is 4.50. The van der Waals surface area contributed by atoms with Crippen molar-refractivity contribution in [2.45, 2.75) is 18.4 Å². The van der Waals surface area contributed by atoms with Gasteiger partial charge in [-0.1, -0.05) is 58.5 Å². The number of thioether (sulfide) groups is 1. The van der Waals surface area contributed by atoms with Gasteiger partial charge < -0.3 is 9.30 Å². The van der Waals surface area contributed by atoms with Crippen LogP contribution in [0.15, 0.2) is 55.1 Å². The third-order valence-electron chi connectivity index (χ3n) is 3.82. The third-order valence-corrected chi connectivity index (χ3v) is 5.94. The fourth-order valence-corrected chi connectivity index (χ4v) is 3.97. The van der Waals surface area contributed by atoms with E-state index < -0.39 is 11.4 Å². The van der Waals surface area contributed by atoms with E-state index in [2.05, 4.69) is 4.98 Å². The number of halogens is 4. The molecule has 0 saturated heterocycles. The summed E-state index contributed by atoms with van der Waals surface area (Å²) in [5.41, 5.74) is 1.54. The van der Waals surface area contributed by atoms with Crippen LogP contribution < -0.4 is 0 Å². The molecule has 3 aromatic rings. The number of hydrogen-bond donors (Lipinski definition) is 0. The molecule has 0 bridgehead atoms. The zero-order chi connectivity index (χ0) is 20.1. The monoisotopic (exact) mass is 474 g/mol. The Hall–Kier alpha value is -1.37. The van der Waals surface area contributed by atoms with Gasteiger partial charge in [0.05, 0.1) is 22.9 Å². The van der Waals surface area contributed by atoms with Crippen LogP contribution >= 0.6 is 58.2 Å². The van der Waals surface area contributed by atoms with E-state index in [1.165, 1.54) is 0 Å². The highest BCUT2D eigenvalue weighted by Gasteiger charge is 2.21. The minimum absolute atomic E-state index is 0.375. The molecular formula is C19H14Cl4N2O2S. The Balaban J connectivity index is 1.71. The predicted molar refractivity (Wildman–Crippen MR) is 116 cm³/mol. The average molecular weight is 476 g/mol. The Morgan fingerprint density at radius 3 is 2.57 bits per heavy atom. The van der Waals surface area contributed by atoms with E-state index >= 15 is 0 Å². The molecule has 0 radical (unpaired) electrons. The van der Waals surface area contributed by atoms with Crippen LogP contribution in [-0.4, -0.2) is 14.9 Å². The quantitative estimate of drug-likeness (QED) is 0.350. The second-order valence-corrected chi connectivity index (χ2v) is 8.39. The van der Waals surface area contributed by atoms with Crippen molar-refractivity contribution in [1.82, 2.24) is 9.55 Å². The topological polar surface area (TPSA) is 44.1 Å². The molecule has 0 aliphatic heterocycles. The second kappa shape index (κ2) is 9.90. The van der Waals surface area contributed by atoms with E-state index in [0.717, 1.165) is 17.3 Å². The van der Waals surface area contributed by atoms with E-state index in [-0.39, 0.29) is 0 Å². The van der Waals surface area contributed by atoms with Crippen molar-refractivity contribution >= 4 is 63.5 Å². The Morgan fingerprint density at radius 1 is 1.07 bits per heavy atom. The highest BCUT2D eigenvalue weighted by molar-refractivity contribution is 8.12. The number of aromatic nitrogens is 2. The van der Waals surface area contributed by atoms with Gasteiger partial charge in [0.15, 0.2) is 0 Å². The summed E-state index contributed by atoms with van der Waals surface area (Å²) in [7, 11) is 0. The summed E-state index contributed by atoms with van der Waals surface area (Å²) >= 11 is 25.3. The van der Waals surface area contributed by atoms with E-state index in [4.69, 9.17) is 51.1 Å². The lowest BCUT2D eigenvalue weighted by molar-refractivity contribution is 0.111. The number of carbonyl (C=O) groups is 1. The van der Waals surface area contributed by atoms with Crippen molar-refractivity contribution in [3.05, 3.63) is 86.3 Å². The van der Waals surface area contributed by atoms with E-state index in [1.54, 1.807) is 49.1 Å². The second-order valence-electron chi connectivity index (χ2n) is 5.82. The molecule has 1 atom stereocenters. The number of imidazole rings is 1. The first-order valence-corrected chi connectivity index (χ1v) is 10.6. The standard InChI is InChI=1S/C19H14Cl4N2O2S/c20-13-2-3-14(16(22)8-13)18(9-25-6-5-24-11-25)27-19(26)28-10-12-1-4-15(21)17(23)7-12/h1-8,11,18H,9-10H2. The molecule has 2 aromatic carbocycles. The van der Waals surface area contributed by atoms with Gasteiger partial charge in [0.2, 0.25) is 0 Å². The number of carbonyl (C=O) groups excluding carboxylic acids is 1. The number of ether oxygens (including phenoxy) is 1. The van der Waals surface area contributed by atoms with Crippen molar-refractivity contribution in [2.75, 3.05) is 0 Å². The fourth-order valence-electron chi connectivity index (χ4n) is 2.47. The summed E-state index contributed by atoms with van der Waals surface area (Å²) in [5.74, 6) is 0.405. The highest BCUT2D eigenvalue weighted by Crippen LogP contribution is 2.32. The Labute approximate surface area is 186 Å². The molecular weight excluding hydrogens is 462 g/mol. The maximum atomic E-state index is 12.4. The van der Waals surface area contributed by atoms with Gasteiger partial charge in [-0.2, -0.15) is 0 Å². The molecule has 1 heterocycles. The van der Waals surface area contributed by atoms with Crippen LogP contribution in [0.3, 0.4) is 0 Å². The normalized spacial score (nSPS) is 12.0. The molecule has 3 rings (SSSR count). The largest absolute Gasteiger partial charge is 0.447 e. The summed E-state index contributed by atoms with van der Waals surface area (Å²) < 4.78 is 7.51. The SMILES string of the molecule is O=C(OC(Cn1ccnc1)c1ccc(Cl)cc1Cl)SCc1ccc(Cl)c(Cl)c1. The Kier molecular flexibility index (Phi) is 7.55. The van der Waals surface area contributed by atoms with Crippen molar-refractivity contribution in [1.29, 1.82) is 0 Å². The van der Waals surface area contributed by atoms with Gasteiger partial charge in [-0.25, -0.2) is 9.78 Å². The summed E-state index contributed by atoms with van der Waals surface area (Å²) in [5, 5.41) is 1.42. The van der Waals surface area contributed by atoms with Crippen molar-refractivity contribution in [3.63, 3.8) is 0 Å². The van der Waals surface area contributed by atoms with E-state index in [9.17, 15) is 4.79 Å². The summed E-state index contributed by atoms with van der Waals surface area (Å²) in [6.45, 7) is 0.375. The molecule has 0 saturated carbocycles. The van der Waals surface area contributed by atoms with E-state index in [0.29, 0.717) is 38.0 Å². The zero-order valence-corrected chi connectivity index (χ0v) is 18.2. The van der Waals surface area contributed by atoms with Crippen LogP contribution in [0.5, 0.6) is 0 Å². The predicted octanol–water partition coefficient (Wildman–Crippen LogP) is 7.31. The molecule has 1 unspecified atom stereocenters. The Morgan fingerprint density at radius 2 is 1.89 bits per heavy atom. The number of benzene rings is 2. The molecule has 0 fully saturated rings. The minimum atomic E-state index is -0.590. The van der Waals surface area contributed by atoms with Crippen LogP contribution in [0.2, 0.25) is 20.1 Å². The van der Waals surface area contributed by atoms with Crippen molar-refractivity contribution in [2.24, 2.45) is 0 Å². The maximum absolute atomic E-state index is 12.4. The van der Waals surface area contributed by atoms with Crippen LogP contribution in [0, 0.1) is 0 Å². The molecule has 0 aliphatic rings. The molecule has 4 nitrogen and oxygen atoms in total. The first-order chi connectivity index (χ1) is 13.4. The molecule has 0 aliphatic carbocycles. The van der Waals surface area contributed by atoms with Crippen LogP contribution in [0.25, 0.3) is 0 Å². The van der Waals surface area contributed by atoms with E-state index in [1.807, 2.05) is 10.6 Å². The molecule has 146 valence electrons. The third kappa shape index (κ3) is 5.82. The van der Waals surface area contributed by atoms with Crippen LogP contribution in [0.1, 0.15) is 17.2 Å². The maximum Gasteiger partial charge on any atom is 0.368 e. The van der Waals surface area contributed by atoms with Gasteiger partial charge in [0.25, 0.3) is 0 Å². The minimum Gasteiger partial charge on any atom is -0.447 e. The lowest BCUT2D eigenvalue weighted by Crippen LogP contribution is -2.14. The first-order valence-electron chi connectivity index (χ1n) is 8.10. The van der Waals surface area contributed by atoms with Crippen molar-refractivity contribution < 1.29 is 9.53 Å². The zero-order valence-electron chi connectivity index (χ0n) is 14.3. The number of nitrogens with zero attached hydrogens (tertiary/aromatic N) is 2. The number of hydrogen-bond acceptors (Lipinski definition) is 4. The molecule has 9 heteroatoms. The average Bonchev–Trinajstić information content (AvgIpc) is 3.15. The van der Waals surface area contributed by atoms with Gasteiger partial charge in [-0.15, -0.1) is 0 Å². The molecule has 0 spiro atoms. The summed E-state index contributed by atoms with van der Waals surface area (Å²) in [4.78, 5) is 16.5.